The maximum absolute atomic E-state index is 4.97. The highest BCUT2D eigenvalue weighted by Gasteiger charge is 2.01. The molecule has 0 saturated heterocycles. The lowest BCUT2D eigenvalue weighted by Crippen LogP contribution is -1.98. The van der Waals surface area contributed by atoms with Crippen LogP contribution in [0, 0.1) is 5.92 Å². The zero-order chi connectivity index (χ0) is 5.82. The molecular weight excluding hydrogens is 102 g/mol. The van der Waals surface area contributed by atoms with Gasteiger partial charge in [-0.05, 0) is 12.3 Å². The van der Waals surface area contributed by atoms with Gasteiger partial charge in [0.2, 0.25) is 0 Å². The Hall–Kier alpha value is -0.530. The summed E-state index contributed by atoms with van der Waals surface area (Å²) < 4.78 is 4.97. The van der Waals surface area contributed by atoms with Crippen LogP contribution in [-0.2, 0) is 4.74 Å². The zero-order valence-electron chi connectivity index (χ0n) is 5.13. The molecule has 0 aromatic heterocycles. The highest BCUT2D eigenvalue weighted by atomic mass is 16.5. The van der Waals surface area contributed by atoms with E-state index >= 15 is 0 Å². The molecule has 1 heterocycles. The van der Waals surface area contributed by atoms with Crippen LogP contribution >= 0.6 is 0 Å². The van der Waals surface area contributed by atoms with Crippen molar-refractivity contribution in [3.05, 3.63) is 0 Å². The van der Waals surface area contributed by atoms with E-state index in [1.165, 1.54) is 0 Å². The van der Waals surface area contributed by atoms with Crippen molar-refractivity contribution < 1.29 is 4.74 Å². The fraction of sp³-hybridized carbons (Fsp3) is 0.833. The second kappa shape index (κ2) is 2.70. The van der Waals surface area contributed by atoms with Crippen LogP contribution in [0.2, 0.25) is 0 Å². The monoisotopic (exact) mass is 113 g/mol. The van der Waals surface area contributed by atoms with E-state index in [4.69, 9.17) is 4.74 Å². The van der Waals surface area contributed by atoms with Gasteiger partial charge in [-0.3, -0.25) is 4.99 Å². The molecule has 2 nitrogen and oxygen atoms in total. The maximum Gasteiger partial charge on any atom is 0.169 e. The third kappa shape index (κ3) is 1.52. The van der Waals surface area contributed by atoms with Crippen LogP contribution in [0.4, 0.5) is 0 Å². The van der Waals surface area contributed by atoms with E-state index in [0.717, 1.165) is 19.6 Å². The van der Waals surface area contributed by atoms with Crippen LogP contribution in [0.25, 0.3) is 0 Å². The first-order valence-corrected chi connectivity index (χ1v) is 2.99. The number of hydrogen-bond acceptors (Lipinski definition) is 2. The second-order valence-electron chi connectivity index (χ2n) is 2.24. The number of rotatable bonds is 0. The topological polar surface area (TPSA) is 21.6 Å². The number of hydrogen-bond donors (Lipinski definition) is 0. The fourth-order valence-corrected chi connectivity index (χ4v) is 0.689. The molecule has 46 valence electrons. The van der Waals surface area contributed by atoms with Gasteiger partial charge in [0.1, 0.15) is 0 Å². The Bertz CT molecular complexity index is 90.5. The number of nitrogens with zero attached hydrogens (tertiary/aromatic N) is 1. The third-order valence-corrected chi connectivity index (χ3v) is 1.29. The molecule has 1 aliphatic rings. The first-order valence-electron chi connectivity index (χ1n) is 2.99. The molecule has 2 heteroatoms. The van der Waals surface area contributed by atoms with Crippen LogP contribution in [0.15, 0.2) is 4.99 Å². The Morgan fingerprint density at radius 3 is 3.50 bits per heavy atom. The van der Waals surface area contributed by atoms with Crippen LogP contribution in [0.1, 0.15) is 13.3 Å². The number of aliphatic imine (C=N–C) groups is 1. The van der Waals surface area contributed by atoms with Crippen molar-refractivity contribution in [1.29, 1.82) is 0 Å². The Balaban J connectivity index is 2.30. The normalized spacial score (nSPS) is 28.9. The molecule has 0 N–H and O–H groups in total. The van der Waals surface area contributed by atoms with Gasteiger partial charge in [0, 0.05) is 6.54 Å². The second-order valence-corrected chi connectivity index (χ2v) is 2.24. The van der Waals surface area contributed by atoms with E-state index in [9.17, 15) is 0 Å². The zero-order valence-corrected chi connectivity index (χ0v) is 5.13. The summed E-state index contributed by atoms with van der Waals surface area (Å²) >= 11 is 0. The van der Waals surface area contributed by atoms with Crippen molar-refractivity contribution in [2.24, 2.45) is 10.9 Å². The SMILES string of the molecule is CC1CCOC=NC1. The molecule has 1 atom stereocenters. The van der Waals surface area contributed by atoms with Gasteiger partial charge < -0.3 is 4.74 Å². The highest BCUT2D eigenvalue weighted by Crippen LogP contribution is 2.03. The smallest absolute Gasteiger partial charge is 0.169 e. The van der Waals surface area contributed by atoms with E-state index in [1.54, 1.807) is 6.40 Å². The van der Waals surface area contributed by atoms with Gasteiger partial charge >= 0.3 is 0 Å². The van der Waals surface area contributed by atoms with Gasteiger partial charge in [-0.1, -0.05) is 6.92 Å². The molecule has 0 saturated carbocycles. The van der Waals surface area contributed by atoms with E-state index in [2.05, 4.69) is 11.9 Å². The van der Waals surface area contributed by atoms with Crippen molar-refractivity contribution in [3.63, 3.8) is 0 Å². The van der Waals surface area contributed by atoms with Crippen LogP contribution in [0.3, 0.4) is 0 Å². The molecule has 1 aliphatic heterocycles. The molecule has 0 amide bonds. The summed E-state index contributed by atoms with van der Waals surface area (Å²) in [5, 5.41) is 0. The van der Waals surface area contributed by atoms with Gasteiger partial charge in [0.15, 0.2) is 6.40 Å². The summed E-state index contributed by atoms with van der Waals surface area (Å²) in [6, 6.07) is 0. The minimum atomic E-state index is 0.703. The number of ether oxygens (including phenoxy) is 1. The summed E-state index contributed by atoms with van der Waals surface area (Å²) in [6.45, 7) is 3.96. The van der Waals surface area contributed by atoms with Gasteiger partial charge in [-0.25, -0.2) is 0 Å². The van der Waals surface area contributed by atoms with Crippen molar-refractivity contribution in [1.82, 2.24) is 0 Å². The van der Waals surface area contributed by atoms with Crippen molar-refractivity contribution in [2.75, 3.05) is 13.2 Å². The summed E-state index contributed by atoms with van der Waals surface area (Å²) in [5.74, 6) is 0.703. The molecule has 0 spiro atoms. The van der Waals surface area contributed by atoms with Crippen LogP contribution < -0.4 is 0 Å². The first-order chi connectivity index (χ1) is 3.89. The Morgan fingerprint density at radius 1 is 1.75 bits per heavy atom. The Morgan fingerprint density at radius 2 is 2.62 bits per heavy atom. The van der Waals surface area contributed by atoms with Crippen LogP contribution in [-0.4, -0.2) is 19.6 Å². The Labute approximate surface area is 49.6 Å². The summed E-state index contributed by atoms with van der Waals surface area (Å²) in [6.07, 6.45) is 2.70. The molecule has 0 aliphatic carbocycles. The van der Waals surface area contributed by atoms with E-state index in [1.807, 2.05) is 0 Å². The van der Waals surface area contributed by atoms with Gasteiger partial charge in [-0.2, -0.15) is 0 Å². The summed E-state index contributed by atoms with van der Waals surface area (Å²) in [7, 11) is 0. The molecular formula is C6H11NO. The predicted molar refractivity (Wildman–Crippen MR) is 33.1 cm³/mol. The minimum Gasteiger partial charge on any atom is -0.483 e. The summed E-state index contributed by atoms with van der Waals surface area (Å²) in [4.78, 5) is 4.00. The van der Waals surface area contributed by atoms with Gasteiger partial charge in [0.05, 0.1) is 6.61 Å². The third-order valence-electron chi connectivity index (χ3n) is 1.29. The maximum atomic E-state index is 4.97. The minimum absolute atomic E-state index is 0.703. The lowest BCUT2D eigenvalue weighted by Gasteiger charge is -2.00. The average Bonchev–Trinajstić information content (AvgIpc) is 1.94. The van der Waals surface area contributed by atoms with Crippen molar-refractivity contribution in [2.45, 2.75) is 13.3 Å². The molecule has 8 heavy (non-hydrogen) atoms. The first kappa shape index (κ1) is 5.60. The van der Waals surface area contributed by atoms with E-state index in [0.29, 0.717) is 5.92 Å². The molecule has 0 aromatic rings. The standard InChI is InChI=1S/C6H11NO/c1-6-2-3-8-5-7-4-6/h5-6H,2-4H2,1H3. The van der Waals surface area contributed by atoms with Crippen LogP contribution in [0.5, 0.6) is 0 Å². The summed E-state index contributed by atoms with van der Waals surface area (Å²) in [5.41, 5.74) is 0. The molecule has 0 bridgehead atoms. The van der Waals surface area contributed by atoms with Crippen molar-refractivity contribution in [3.8, 4) is 0 Å². The predicted octanol–water partition coefficient (Wildman–Crippen LogP) is 1.07. The molecule has 0 aromatic carbocycles. The molecule has 1 unspecified atom stereocenters. The molecule has 0 radical (unpaired) electrons. The van der Waals surface area contributed by atoms with Gasteiger partial charge in [-0.15, -0.1) is 0 Å². The molecule has 0 fully saturated rings. The highest BCUT2D eigenvalue weighted by molar-refractivity contribution is 5.46. The van der Waals surface area contributed by atoms with Crippen molar-refractivity contribution >= 4 is 6.40 Å². The lowest BCUT2D eigenvalue weighted by molar-refractivity contribution is 0.301. The molecule has 1 rings (SSSR count). The Kier molecular flexibility index (Phi) is 1.89. The quantitative estimate of drug-likeness (QED) is 0.460. The van der Waals surface area contributed by atoms with Gasteiger partial charge in [0.25, 0.3) is 0 Å². The lowest BCUT2D eigenvalue weighted by atomic mass is 10.1. The average molecular weight is 113 g/mol. The van der Waals surface area contributed by atoms with E-state index in [-0.39, 0.29) is 0 Å². The van der Waals surface area contributed by atoms with E-state index < -0.39 is 0 Å². The fourth-order valence-electron chi connectivity index (χ4n) is 0.689. The largest absolute Gasteiger partial charge is 0.483 e.